The van der Waals surface area contributed by atoms with Gasteiger partial charge in [0.1, 0.15) is 5.69 Å². The SMILES string of the molecule is COc1cc(NC(=O)Cc2csc(NC(=O)c3cnccn3)n2)cc(OC)c1OC. The summed E-state index contributed by atoms with van der Waals surface area (Å²) in [5.41, 5.74) is 1.18. The van der Waals surface area contributed by atoms with Crippen LogP contribution in [-0.2, 0) is 11.2 Å². The van der Waals surface area contributed by atoms with Crippen molar-refractivity contribution in [2.75, 3.05) is 32.0 Å². The molecule has 0 aliphatic heterocycles. The number of carbonyl (C=O) groups excluding carboxylic acids is 2. The van der Waals surface area contributed by atoms with Gasteiger partial charge in [-0.3, -0.25) is 19.9 Å². The lowest BCUT2D eigenvalue weighted by Crippen LogP contribution is -2.16. The maximum atomic E-state index is 12.4. The molecule has 1 aromatic carbocycles. The number of thiazole rings is 1. The Morgan fingerprint density at radius 1 is 1.03 bits per heavy atom. The predicted molar refractivity (Wildman–Crippen MR) is 111 cm³/mol. The van der Waals surface area contributed by atoms with E-state index in [0.717, 1.165) is 0 Å². The van der Waals surface area contributed by atoms with Gasteiger partial charge in [-0.25, -0.2) is 9.97 Å². The maximum absolute atomic E-state index is 12.4. The van der Waals surface area contributed by atoms with Crippen molar-refractivity contribution in [3.05, 3.63) is 47.5 Å². The van der Waals surface area contributed by atoms with Gasteiger partial charge in [0, 0.05) is 35.6 Å². The average Bonchev–Trinajstić information content (AvgIpc) is 3.19. The van der Waals surface area contributed by atoms with Crippen LogP contribution < -0.4 is 24.8 Å². The van der Waals surface area contributed by atoms with Crippen LogP contribution in [-0.4, -0.2) is 48.1 Å². The highest BCUT2D eigenvalue weighted by atomic mass is 32.1. The van der Waals surface area contributed by atoms with Crippen molar-refractivity contribution < 1.29 is 23.8 Å². The summed E-state index contributed by atoms with van der Waals surface area (Å²) in [6.45, 7) is 0. The summed E-state index contributed by atoms with van der Waals surface area (Å²) >= 11 is 1.21. The minimum Gasteiger partial charge on any atom is -0.493 e. The number of anilines is 2. The first-order valence-corrected chi connectivity index (χ1v) is 9.53. The second-order valence-electron chi connectivity index (χ2n) is 5.83. The monoisotopic (exact) mass is 429 g/mol. The first-order valence-electron chi connectivity index (χ1n) is 8.65. The van der Waals surface area contributed by atoms with Crippen molar-refractivity contribution in [2.24, 2.45) is 0 Å². The second-order valence-corrected chi connectivity index (χ2v) is 6.69. The van der Waals surface area contributed by atoms with E-state index in [1.54, 1.807) is 17.5 Å². The van der Waals surface area contributed by atoms with E-state index >= 15 is 0 Å². The van der Waals surface area contributed by atoms with Crippen LogP contribution in [0.25, 0.3) is 0 Å². The van der Waals surface area contributed by atoms with E-state index in [0.29, 0.717) is 33.8 Å². The van der Waals surface area contributed by atoms with Crippen LogP contribution >= 0.6 is 11.3 Å². The Hall–Kier alpha value is -3.73. The molecule has 0 saturated carbocycles. The molecular formula is C19H19N5O5S. The molecule has 10 nitrogen and oxygen atoms in total. The zero-order valence-electron chi connectivity index (χ0n) is 16.5. The number of rotatable bonds is 8. The molecule has 0 unspecified atom stereocenters. The zero-order valence-corrected chi connectivity index (χ0v) is 17.3. The number of nitrogens with zero attached hydrogens (tertiary/aromatic N) is 3. The minimum absolute atomic E-state index is 0.0220. The standard InChI is InChI=1S/C19H19N5O5S/c1-27-14-6-11(7-15(28-2)17(14)29-3)22-16(25)8-12-10-30-19(23-12)24-18(26)13-9-20-4-5-21-13/h4-7,9-10H,8H2,1-3H3,(H,22,25)(H,23,24,26). The molecule has 0 atom stereocenters. The van der Waals surface area contributed by atoms with Gasteiger partial charge in [0.15, 0.2) is 16.6 Å². The van der Waals surface area contributed by atoms with Crippen molar-refractivity contribution in [3.8, 4) is 17.2 Å². The fourth-order valence-electron chi connectivity index (χ4n) is 2.55. The molecule has 2 aromatic heterocycles. The molecule has 0 spiro atoms. The van der Waals surface area contributed by atoms with E-state index in [2.05, 4.69) is 25.6 Å². The molecule has 0 radical (unpaired) electrons. The molecule has 2 heterocycles. The highest BCUT2D eigenvalue weighted by Crippen LogP contribution is 2.39. The number of nitrogens with one attached hydrogen (secondary N) is 2. The third kappa shape index (κ3) is 5.00. The van der Waals surface area contributed by atoms with Crippen LogP contribution in [0.2, 0.25) is 0 Å². The topological polar surface area (TPSA) is 125 Å². The lowest BCUT2D eigenvalue weighted by molar-refractivity contribution is -0.115. The molecule has 156 valence electrons. The van der Waals surface area contributed by atoms with Crippen LogP contribution in [0, 0.1) is 0 Å². The lowest BCUT2D eigenvalue weighted by atomic mass is 10.2. The second kappa shape index (κ2) is 9.65. The summed E-state index contributed by atoms with van der Waals surface area (Å²) in [5, 5.41) is 7.46. The van der Waals surface area contributed by atoms with Crippen molar-refractivity contribution in [1.29, 1.82) is 0 Å². The first kappa shape index (κ1) is 21.0. The highest BCUT2D eigenvalue weighted by Gasteiger charge is 2.16. The number of aromatic nitrogens is 3. The summed E-state index contributed by atoms with van der Waals surface area (Å²) in [4.78, 5) is 36.6. The van der Waals surface area contributed by atoms with Gasteiger partial charge in [-0.15, -0.1) is 11.3 Å². The van der Waals surface area contributed by atoms with Gasteiger partial charge < -0.3 is 19.5 Å². The molecule has 3 aromatic rings. The number of amides is 2. The van der Waals surface area contributed by atoms with E-state index in [1.807, 2.05) is 0 Å². The Kier molecular flexibility index (Phi) is 6.75. The normalized spacial score (nSPS) is 10.2. The van der Waals surface area contributed by atoms with Crippen LogP contribution in [0.15, 0.2) is 36.1 Å². The molecule has 3 rings (SSSR count). The van der Waals surface area contributed by atoms with Crippen molar-refractivity contribution in [1.82, 2.24) is 15.0 Å². The van der Waals surface area contributed by atoms with Gasteiger partial charge in [0.05, 0.1) is 39.6 Å². The number of hydrogen-bond donors (Lipinski definition) is 2. The molecule has 2 N–H and O–H groups in total. The van der Waals surface area contributed by atoms with Gasteiger partial charge in [0.25, 0.3) is 5.91 Å². The molecule has 0 aliphatic carbocycles. The van der Waals surface area contributed by atoms with Crippen LogP contribution in [0.3, 0.4) is 0 Å². The van der Waals surface area contributed by atoms with E-state index in [9.17, 15) is 9.59 Å². The molecule has 0 bridgehead atoms. The van der Waals surface area contributed by atoms with E-state index in [-0.39, 0.29) is 18.0 Å². The molecule has 2 amide bonds. The average molecular weight is 429 g/mol. The van der Waals surface area contributed by atoms with E-state index < -0.39 is 5.91 Å². The first-order chi connectivity index (χ1) is 14.5. The van der Waals surface area contributed by atoms with E-state index in [4.69, 9.17) is 14.2 Å². The largest absolute Gasteiger partial charge is 0.493 e. The Labute approximate surface area is 176 Å². The smallest absolute Gasteiger partial charge is 0.277 e. The highest BCUT2D eigenvalue weighted by molar-refractivity contribution is 7.14. The molecular weight excluding hydrogens is 410 g/mol. The third-order valence-corrected chi connectivity index (χ3v) is 4.66. The lowest BCUT2D eigenvalue weighted by Gasteiger charge is -2.14. The Morgan fingerprint density at radius 2 is 1.77 bits per heavy atom. The van der Waals surface area contributed by atoms with Crippen LogP contribution in [0.1, 0.15) is 16.2 Å². The molecule has 0 fully saturated rings. The number of methoxy groups -OCH3 is 3. The Balaban J connectivity index is 1.64. The van der Waals surface area contributed by atoms with Crippen LogP contribution in [0.4, 0.5) is 10.8 Å². The summed E-state index contributed by atoms with van der Waals surface area (Å²) in [5.74, 6) is 0.567. The summed E-state index contributed by atoms with van der Waals surface area (Å²) < 4.78 is 15.8. The van der Waals surface area contributed by atoms with Crippen molar-refractivity contribution in [3.63, 3.8) is 0 Å². The van der Waals surface area contributed by atoms with Gasteiger partial charge in [-0.05, 0) is 0 Å². The summed E-state index contributed by atoms with van der Waals surface area (Å²) in [6, 6.07) is 3.26. The number of benzene rings is 1. The predicted octanol–water partition coefficient (Wildman–Crippen LogP) is 2.39. The molecule has 0 aliphatic rings. The maximum Gasteiger partial charge on any atom is 0.277 e. The number of ether oxygens (including phenoxy) is 3. The Bertz CT molecular complexity index is 1020. The van der Waals surface area contributed by atoms with Gasteiger partial charge in [-0.1, -0.05) is 0 Å². The third-order valence-electron chi connectivity index (χ3n) is 3.86. The van der Waals surface area contributed by atoms with Crippen molar-refractivity contribution in [2.45, 2.75) is 6.42 Å². The molecule has 30 heavy (non-hydrogen) atoms. The van der Waals surface area contributed by atoms with E-state index in [1.165, 1.54) is 51.3 Å². The number of hydrogen-bond acceptors (Lipinski definition) is 9. The molecule has 11 heteroatoms. The minimum atomic E-state index is -0.425. The zero-order chi connectivity index (χ0) is 21.5. The quantitative estimate of drug-likeness (QED) is 0.559. The molecule has 0 saturated heterocycles. The fourth-order valence-corrected chi connectivity index (χ4v) is 3.25. The fraction of sp³-hybridized carbons (Fsp3) is 0.211. The number of carbonyl (C=O) groups is 2. The Morgan fingerprint density at radius 3 is 2.37 bits per heavy atom. The van der Waals surface area contributed by atoms with Gasteiger partial charge in [0.2, 0.25) is 11.7 Å². The summed E-state index contributed by atoms with van der Waals surface area (Å²) in [7, 11) is 4.49. The van der Waals surface area contributed by atoms with Crippen LogP contribution in [0.5, 0.6) is 17.2 Å². The summed E-state index contributed by atoms with van der Waals surface area (Å²) in [6.07, 6.45) is 4.28. The van der Waals surface area contributed by atoms with Gasteiger partial charge in [-0.2, -0.15) is 0 Å². The van der Waals surface area contributed by atoms with Gasteiger partial charge >= 0.3 is 0 Å². The van der Waals surface area contributed by atoms with Crippen molar-refractivity contribution >= 4 is 34.0 Å².